The van der Waals surface area contributed by atoms with Crippen LogP contribution in [-0.4, -0.2) is 37.1 Å². The zero-order valence-corrected chi connectivity index (χ0v) is 13.1. The topological polar surface area (TPSA) is 29.5 Å². The lowest BCUT2D eigenvalue weighted by atomic mass is 10.1. The van der Waals surface area contributed by atoms with E-state index in [4.69, 9.17) is 16.3 Å². The molecule has 0 unspecified atom stereocenters. The summed E-state index contributed by atoms with van der Waals surface area (Å²) in [7, 11) is 1.62. The summed E-state index contributed by atoms with van der Waals surface area (Å²) in [6.07, 6.45) is 0. The van der Waals surface area contributed by atoms with Gasteiger partial charge in [0.05, 0.1) is 17.2 Å². The predicted octanol–water partition coefficient (Wildman–Crippen LogP) is 3.60. The fraction of sp³-hybridized carbons (Fsp3) is 0.462. The maximum atomic E-state index is 12.4. The van der Waals surface area contributed by atoms with Gasteiger partial charge in [0.2, 0.25) is 0 Å². The van der Waals surface area contributed by atoms with Crippen LogP contribution >= 0.6 is 27.5 Å². The van der Waals surface area contributed by atoms with Gasteiger partial charge >= 0.3 is 0 Å². The second-order valence-electron chi connectivity index (χ2n) is 4.21. The fourth-order valence-corrected chi connectivity index (χ4v) is 2.16. The summed E-state index contributed by atoms with van der Waals surface area (Å²) < 4.78 is 5.86. The minimum absolute atomic E-state index is 0.0756. The van der Waals surface area contributed by atoms with Crippen LogP contribution in [0.4, 0.5) is 0 Å². The maximum absolute atomic E-state index is 12.4. The first-order valence-electron chi connectivity index (χ1n) is 5.72. The van der Waals surface area contributed by atoms with Crippen LogP contribution in [0.3, 0.4) is 0 Å². The SMILES string of the molecule is COCCN(C(=O)c1cc(Br)ccc1Cl)C(C)C. The van der Waals surface area contributed by atoms with Gasteiger partial charge in [-0.25, -0.2) is 0 Å². The Balaban J connectivity index is 2.98. The zero-order chi connectivity index (χ0) is 13.7. The van der Waals surface area contributed by atoms with E-state index in [1.54, 1.807) is 24.1 Å². The molecule has 0 fully saturated rings. The van der Waals surface area contributed by atoms with Crippen molar-refractivity contribution in [2.75, 3.05) is 20.3 Å². The van der Waals surface area contributed by atoms with Gasteiger partial charge in [0, 0.05) is 24.2 Å². The van der Waals surface area contributed by atoms with Gasteiger partial charge in [-0.2, -0.15) is 0 Å². The highest BCUT2D eigenvalue weighted by molar-refractivity contribution is 9.10. The second-order valence-corrected chi connectivity index (χ2v) is 5.53. The molecule has 0 bridgehead atoms. The molecule has 18 heavy (non-hydrogen) atoms. The van der Waals surface area contributed by atoms with Gasteiger partial charge in [-0.15, -0.1) is 0 Å². The van der Waals surface area contributed by atoms with E-state index in [1.807, 2.05) is 19.9 Å². The summed E-state index contributed by atoms with van der Waals surface area (Å²) >= 11 is 9.42. The zero-order valence-electron chi connectivity index (χ0n) is 10.7. The average Bonchev–Trinajstić information content (AvgIpc) is 2.32. The summed E-state index contributed by atoms with van der Waals surface area (Å²) in [5.74, 6) is -0.0756. The van der Waals surface area contributed by atoms with Crippen LogP contribution in [0, 0.1) is 0 Å². The lowest BCUT2D eigenvalue weighted by Gasteiger charge is -2.27. The molecular formula is C13H17BrClNO2. The number of hydrogen-bond acceptors (Lipinski definition) is 2. The normalized spacial score (nSPS) is 10.8. The third-order valence-corrected chi connectivity index (χ3v) is 3.40. The number of hydrogen-bond donors (Lipinski definition) is 0. The molecule has 0 aromatic heterocycles. The molecule has 0 atom stereocenters. The van der Waals surface area contributed by atoms with Crippen LogP contribution in [0.15, 0.2) is 22.7 Å². The Bertz CT molecular complexity index is 423. The molecule has 1 amide bonds. The molecule has 0 saturated heterocycles. The van der Waals surface area contributed by atoms with Crippen molar-refractivity contribution in [3.63, 3.8) is 0 Å². The summed E-state index contributed by atoms with van der Waals surface area (Å²) in [5, 5.41) is 0.464. The van der Waals surface area contributed by atoms with Gasteiger partial charge in [0.1, 0.15) is 0 Å². The minimum Gasteiger partial charge on any atom is -0.383 e. The quantitative estimate of drug-likeness (QED) is 0.823. The summed E-state index contributed by atoms with van der Waals surface area (Å²) in [4.78, 5) is 14.2. The van der Waals surface area contributed by atoms with Crippen LogP contribution in [0.5, 0.6) is 0 Å². The number of benzene rings is 1. The standard InChI is InChI=1S/C13H17BrClNO2/c1-9(2)16(6-7-18-3)13(17)11-8-10(14)4-5-12(11)15/h4-5,8-9H,6-7H2,1-3H3. The van der Waals surface area contributed by atoms with Crippen LogP contribution in [0.25, 0.3) is 0 Å². The van der Waals surface area contributed by atoms with Crippen LogP contribution in [0.1, 0.15) is 24.2 Å². The fourth-order valence-electron chi connectivity index (χ4n) is 1.60. The maximum Gasteiger partial charge on any atom is 0.255 e. The third kappa shape index (κ3) is 3.97. The van der Waals surface area contributed by atoms with Gasteiger partial charge in [0.25, 0.3) is 5.91 Å². The molecule has 0 spiro atoms. The Morgan fingerprint density at radius 3 is 2.72 bits per heavy atom. The number of ether oxygens (including phenoxy) is 1. The highest BCUT2D eigenvalue weighted by atomic mass is 79.9. The van der Waals surface area contributed by atoms with E-state index >= 15 is 0 Å². The number of amides is 1. The van der Waals surface area contributed by atoms with Crippen molar-refractivity contribution in [2.24, 2.45) is 0 Å². The Morgan fingerprint density at radius 1 is 1.50 bits per heavy atom. The largest absolute Gasteiger partial charge is 0.383 e. The first kappa shape index (κ1) is 15.5. The number of halogens is 2. The molecule has 0 radical (unpaired) electrons. The molecule has 0 heterocycles. The molecule has 100 valence electrons. The van der Waals surface area contributed by atoms with E-state index in [9.17, 15) is 4.79 Å². The van der Waals surface area contributed by atoms with Crippen LogP contribution in [0.2, 0.25) is 5.02 Å². The summed E-state index contributed by atoms with van der Waals surface area (Å²) in [6, 6.07) is 5.37. The Hall–Kier alpha value is -0.580. The van der Waals surface area contributed by atoms with Crippen LogP contribution in [-0.2, 0) is 4.74 Å². The highest BCUT2D eigenvalue weighted by Gasteiger charge is 2.20. The summed E-state index contributed by atoms with van der Waals surface area (Å²) in [6.45, 7) is 5.00. The number of methoxy groups -OCH3 is 1. The molecule has 0 aliphatic carbocycles. The molecule has 3 nitrogen and oxygen atoms in total. The number of carbonyl (C=O) groups is 1. The number of rotatable bonds is 5. The summed E-state index contributed by atoms with van der Waals surface area (Å²) in [5.41, 5.74) is 0.510. The van der Waals surface area contributed by atoms with Crippen molar-refractivity contribution >= 4 is 33.4 Å². The van der Waals surface area contributed by atoms with Gasteiger partial charge in [0.15, 0.2) is 0 Å². The molecule has 1 rings (SSSR count). The van der Waals surface area contributed by atoms with E-state index in [2.05, 4.69) is 15.9 Å². The molecule has 1 aromatic rings. The number of carbonyl (C=O) groups excluding carboxylic acids is 1. The van der Waals surface area contributed by atoms with Crippen molar-refractivity contribution in [3.05, 3.63) is 33.3 Å². The van der Waals surface area contributed by atoms with E-state index in [0.717, 1.165) is 4.47 Å². The van der Waals surface area contributed by atoms with Gasteiger partial charge in [-0.1, -0.05) is 27.5 Å². The van der Waals surface area contributed by atoms with Gasteiger partial charge < -0.3 is 9.64 Å². The average molecular weight is 335 g/mol. The second kappa shape index (κ2) is 7.12. The third-order valence-electron chi connectivity index (χ3n) is 2.58. The molecule has 1 aromatic carbocycles. The van der Waals surface area contributed by atoms with Crippen molar-refractivity contribution in [2.45, 2.75) is 19.9 Å². The number of nitrogens with zero attached hydrogens (tertiary/aromatic N) is 1. The molecule has 0 aliphatic heterocycles. The van der Waals surface area contributed by atoms with Gasteiger partial charge in [-0.05, 0) is 32.0 Å². The van der Waals surface area contributed by atoms with Crippen LogP contribution < -0.4 is 0 Å². The van der Waals surface area contributed by atoms with E-state index in [0.29, 0.717) is 23.7 Å². The molecule has 5 heteroatoms. The van der Waals surface area contributed by atoms with E-state index in [1.165, 1.54) is 0 Å². The van der Waals surface area contributed by atoms with Crippen molar-refractivity contribution < 1.29 is 9.53 Å². The monoisotopic (exact) mass is 333 g/mol. The van der Waals surface area contributed by atoms with E-state index in [-0.39, 0.29) is 11.9 Å². The first-order valence-corrected chi connectivity index (χ1v) is 6.89. The minimum atomic E-state index is -0.0756. The van der Waals surface area contributed by atoms with Gasteiger partial charge in [-0.3, -0.25) is 4.79 Å². The lowest BCUT2D eigenvalue weighted by Crippen LogP contribution is -2.39. The predicted molar refractivity (Wildman–Crippen MR) is 77.2 cm³/mol. The van der Waals surface area contributed by atoms with Crippen molar-refractivity contribution in [3.8, 4) is 0 Å². The molecule has 0 N–H and O–H groups in total. The Kier molecular flexibility index (Phi) is 6.12. The lowest BCUT2D eigenvalue weighted by molar-refractivity contribution is 0.0635. The van der Waals surface area contributed by atoms with Crippen molar-refractivity contribution in [1.82, 2.24) is 4.90 Å². The Morgan fingerprint density at radius 2 is 2.17 bits per heavy atom. The molecular weight excluding hydrogens is 318 g/mol. The Labute approximate surface area is 121 Å². The first-order chi connectivity index (χ1) is 8.47. The highest BCUT2D eigenvalue weighted by Crippen LogP contribution is 2.23. The van der Waals surface area contributed by atoms with E-state index < -0.39 is 0 Å². The molecule has 0 saturated carbocycles. The van der Waals surface area contributed by atoms with Crippen molar-refractivity contribution in [1.29, 1.82) is 0 Å². The smallest absolute Gasteiger partial charge is 0.255 e. The molecule has 0 aliphatic rings.